The van der Waals surface area contributed by atoms with Crippen molar-refractivity contribution in [2.45, 2.75) is 18.4 Å². The minimum absolute atomic E-state index is 0.248. The largest absolute Gasteiger partial charge is 0.228 e. The van der Waals surface area contributed by atoms with Gasteiger partial charge in [0.15, 0.2) is 9.84 Å². The van der Waals surface area contributed by atoms with Gasteiger partial charge in [-0.1, -0.05) is 6.92 Å². The number of hydrogen-bond acceptors (Lipinski definition) is 3. The molecular formula is C5H12O2S2. The second-order valence-electron chi connectivity index (χ2n) is 1.85. The summed E-state index contributed by atoms with van der Waals surface area (Å²) >= 11 is 1.45. The first kappa shape index (κ1) is 9.30. The van der Waals surface area contributed by atoms with Gasteiger partial charge in [0.25, 0.3) is 0 Å². The summed E-state index contributed by atoms with van der Waals surface area (Å²) < 4.78 is 21.2. The fourth-order valence-electron chi connectivity index (χ4n) is 0.358. The predicted molar refractivity (Wildman–Crippen MR) is 42.4 cm³/mol. The van der Waals surface area contributed by atoms with Crippen molar-refractivity contribution in [2.75, 3.05) is 12.0 Å². The van der Waals surface area contributed by atoms with E-state index in [9.17, 15) is 8.42 Å². The van der Waals surface area contributed by atoms with Gasteiger partial charge in [-0.2, -0.15) is 0 Å². The molecule has 1 atom stereocenters. The molecule has 0 aromatic heterocycles. The second-order valence-corrected chi connectivity index (χ2v) is 6.13. The molecule has 0 aliphatic rings. The molecule has 0 spiro atoms. The minimum Gasteiger partial charge on any atom is -0.228 e. The molecule has 0 amide bonds. The third-order valence-electron chi connectivity index (χ3n) is 1.00. The van der Waals surface area contributed by atoms with Crippen LogP contribution in [0.2, 0.25) is 0 Å². The van der Waals surface area contributed by atoms with Crippen LogP contribution in [0.4, 0.5) is 0 Å². The van der Waals surface area contributed by atoms with Gasteiger partial charge in [0, 0.05) is 6.26 Å². The van der Waals surface area contributed by atoms with Crippen LogP contribution in [-0.4, -0.2) is 25.0 Å². The fourth-order valence-corrected chi connectivity index (χ4v) is 2.22. The normalized spacial score (nSPS) is 15.4. The molecule has 0 bridgehead atoms. The van der Waals surface area contributed by atoms with Crippen molar-refractivity contribution in [3.8, 4) is 0 Å². The molecule has 0 heterocycles. The quantitative estimate of drug-likeness (QED) is 0.633. The van der Waals surface area contributed by atoms with Crippen LogP contribution in [0.1, 0.15) is 13.8 Å². The van der Waals surface area contributed by atoms with Crippen molar-refractivity contribution < 1.29 is 8.42 Å². The molecule has 4 heteroatoms. The third kappa shape index (κ3) is 3.81. The molecule has 0 saturated heterocycles. The SMILES string of the molecule is CCSC(C)S(C)(=O)=O. The van der Waals surface area contributed by atoms with Gasteiger partial charge in [0.1, 0.15) is 4.58 Å². The number of rotatable bonds is 3. The molecule has 0 rings (SSSR count). The van der Waals surface area contributed by atoms with Gasteiger partial charge in [-0.25, -0.2) is 8.42 Å². The highest BCUT2D eigenvalue weighted by Gasteiger charge is 2.12. The van der Waals surface area contributed by atoms with Crippen molar-refractivity contribution >= 4 is 21.6 Å². The topological polar surface area (TPSA) is 34.1 Å². The fraction of sp³-hybridized carbons (Fsp3) is 1.00. The molecule has 0 radical (unpaired) electrons. The van der Waals surface area contributed by atoms with Crippen LogP contribution in [0.3, 0.4) is 0 Å². The molecule has 0 fully saturated rings. The average Bonchev–Trinajstić information content (AvgIpc) is 1.64. The van der Waals surface area contributed by atoms with Crippen LogP contribution in [0.5, 0.6) is 0 Å². The van der Waals surface area contributed by atoms with Gasteiger partial charge in [0.2, 0.25) is 0 Å². The lowest BCUT2D eigenvalue weighted by atomic mass is 10.9. The van der Waals surface area contributed by atoms with Crippen molar-refractivity contribution in [1.82, 2.24) is 0 Å². The first-order valence-electron chi connectivity index (χ1n) is 2.79. The third-order valence-corrected chi connectivity index (χ3v) is 4.47. The Bertz CT molecular complexity index is 160. The smallest absolute Gasteiger partial charge is 0.159 e. The van der Waals surface area contributed by atoms with Crippen molar-refractivity contribution in [1.29, 1.82) is 0 Å². The molecule has 1 unspecified atom stereocenters. The zero-order valence-corrected chi connectivity index (χ0v) is 7.55. The van der Waals surface area contributed by atoms with Crippen molar-refractivity contribution in [3.63, 3.8) is 0 Å². The molecular weight excluding hydrogens is 156 g/mol. The summed E-state index contributed by atoms with van der Waals surface area (Å²) in [6.07, 6.45) is 1.26. The second kappa shape index (κ2) is 3.46. The molecule has 9 heavy (non-hydrogen) atoms. The predicted octanol–water partition coefficient (Wildman–Crippen LogP) is 1.13. The average molecular weight is 168 g/mol. The maximum Gasteiger partial charge on any atom is 0.159 e. The first-order chi connectivity index (χ1) is 3.98. The van der Waals surface area contributed by atoms with E-state index in [4.69, 9.17) is 0 Å². The summed E-state index contributed by atoms with van der Waals surface area (Å²) in [4.78, 5) is 0. The molecule has 56 valence electrons. The summed E-state index contributed by atoms with van der Waals surface area (Å²) in [5, 5.41) is 0. The highest BCUT2D eigenvalue weighted by Crippen LogP contribution is 2.14. The van der Waals surface area contributed by atoms with E-state index in [1.165, 1.54) is 18.0 Å². The first-order valence-corrected chi connectivity index (χ1v) is 5.79. The maximum atomic E-state index is 10.7. The molecule has 0 saturated carbocycles. The minimum atomic E-state index is -2.80. The van der Waals surface area contributed by atoms with Gasteiger partial charge < -0.3 is 0 Å². The van der Waals surface area contributed by atoms with Gasteiger partial charge >= 0.3 is 0 Å². The Labute approximate surface area is 60.9 Å². The molecule has 0 aromatic carbocycles. The van der Waals surface area contributed by atoms with E-state index in [0.29, 0.717) is 0 Å². The summed E-state index contributed by atoms with van der Waals surface area (Å²) in [6.45, 7) is 3.66. The zero-order chi connectivity index (χ0) is 7.49. The Kier molecular flexibility index (Phi) is 3.58. The van der Waals surface area contributed by atoms with Crippen LogP contribution >= 0.6 is 11.8 Å². The monoisotopic (exact) mass is 168 g/mol. The standard InChI is InChI=1S/C5H12O2S2/c1-4-8-5(2)9(3,6)7/h5H,4H2,1-3H3. The maximum absolute atomic E-state index is 10.7. The summed E-state index contributed by atoms with van der Waals surface area (Å²) in [5.74, 6) is 0.855. The van der Waals surface area contributed by atoms with Crippen LogP contribution in [0.25, 0.3) is 0 Å². The Morgan fingerprint density at radius 1 is 1.56 bits per heavy atom. The van der Waals surface area contributed by atoms with Crippen molar-refractivity contribution in [2.24, 2.45) is 0 Å². The Balaban J connectivity index is 3.90. The van der Waals surface area contributed by atoms with Gasteiger partial charge in [0.05, 0.1) is 0 Å². The highest BCUT2D eigenvalue weighted by molar-refractivity contribution is 8.13. The molecule has 0 N–H and O–H groups in total. The molecule has 0 aromatic rings. The Morgan fingerprint density at radius 2 is 2.00 bits per heavy atom. The van der Waals surface area contributed by atoms with E-state index >= 15 is 0 Å². The van der Waals surface area contributed by atoms with E-state index in [-0.39, 0.29) is 4.58 Å². The molecule has 0 aliphatic heterocycles. The lowest BCUT2D eigenvalue weighted by molar-refractivity contribution is 0.601. The Morgan fingerprint density at radius 3 is 2.11 bits per heavy atom. The molecule has 0 aliphatic carbocycles. The van der Waals surface area contributed by atoms with Crippen LogP contribution in [0.15, 0.2) is 0 Å². The van der Waals surface area contributed by atoms with Crippen LogP contribution in [0, 0.1) is 0 Å². The summed E-state index contributed by atoms with van der Waals surface area (Å²) in [7, 11) is -2.80. The van der Waals surface area contributed by atoms with Gasteiger partial charge in [-0.3, -0.25) is 0 Å². The van der Waals surface area contributed by atoms with E-state index < -0.39 is 9.84 Å². The van der Waals surface area contributed by atoms with Crippen LogP contribution < -0.4 is 0 Å². The lowest BCUT2D eigenvalue weighted by Gasteiger charge is -2.04. The van der Waals surface area contributed by atoms with E-state index in [0.717, 1.165) is 5.75 Å². The molecule has 2 nitrogen and oxygen atoms in total. The van der Waals surface area contributed by atoms with E-state index in [1.807, 2.05) is 6.92 Å². The number of thioether (sulfide) groups is 1. The number of sulfone groups is 1. The summed E-state index contributed by atoms with van der Waals surface area (Å²) in [5.41, 5.74) is 0. The van der Waals surface area contributed by atoms with Crippen LogP contribution in [-0.2, 0) is 9.84 Å². The zero-order valence-electron chi connectivity index (χ0n) is 5.92. The lowest BCUT2D eigenvalue weighted by Crippen LogP contribution is -2.11. The van der Waals surface area contributed by atoms with Gasteiger partial charge in [-0.05, 0) is 12.7 Å². The highest BCUT2D eigenvalue weighted by atomic mass is 32.3. The van der Waals surface area contributed by atoms with E-state index in [1.54, 1.807) is 6.92 Å². The van der Waals surface area contributed by atoms with Gasteiger partial charge in [-0.15, -0.1) is 11.8 Å². The Hall–Kier alpha value is 0.300. The summed E-state index contributed by atoms with van der Waals surface area (Å²) in [6, 6.07) is 0. The van der Waals surface area contributed by atoms with E-state index in [2.05, 4.69) is 0 Å². The number of hydrogen-bond donors (Lipinski definition) is 0. The van der Waals surface area contributed by atoms with Crippen molar-refractivity contribution in [3.05, 3.63) is 0 Å².